The number of benzene rings is 2. The largest absolute Gasteiger partial charge is 0.357 e. The fourth-order valence-corrected chi connectivity index (χ4v) is 3.88. The molecule has 24 heavy (non-hydrogen) atoms. The quantitative estimate of drug-likeness (QED) is 0.635. The first kappa shape index (κ1) is 17.1. The van der Waals surface area contributed by atoms with E-state index < -0.39 is 0 Å². The average molecular weight is 341 g/mol. The molecule has 3 aromatic rings. The molecule has 3 heteroatoms. The molecule has 2 atom stereocenters. The fraction of sp³-hybridized carbons (Fsp3) is 0.333. The van der Waals surface area contributed by atoms with Crippen LogP contribution in [0.25, 0.3) is 10.9 Å². The second-order valence-electron chi connectivity index (χ2n) is 6.81. The van der Waals surface area contributed by atoms with Crippen LogP contribution in [0.4, 0.5) is 0 Å². The maximum absolute atomic E-state index is 3.84. The van der Waals surface area contributed by atoms with Crippen molar-refractivity contribution in [2.45, 2.75) is 45.2 Å². The van der Waals surface area contributed by atoms with Gasteiger partial charge in [0.1, 0.15) is 0 Å². The third-order valence-corrected chi connectivity index (χ3v) is 5.11. The van der Waals surface area contributed by atoms with Gasteiger partial charge in [0.15, 0.2) is 0 Å². The van der Waals surface area contributed by atoms with Crippen LogP contribution in [-0.2, 0) is 6.42 Å². The van der Waals surface area contributed by atoms with Crippen molar-refractivity contribution < 1.29 is 0 Å². The van der Waals surface area contributed by atoms with Crippen LogP contribution in [0.1, 0.15) is 54.2 Å². The van der Waals surface area contributed by atoms with Crippen molar-refractivity contribution in [2.24, 2.45) is 0 Å². The van der Waals surface area contributed by atoms with Crippen molar-refractivity contribution in [3.63, 3.8) is 0 Å². The van der Waals surface area contributed by atoms with E-state index in [4.69, 9.17) is 0 Å². The highest BCUT2D eigenvalue weighted by Gasteiger charge is 2.25. The van der Waals surface area contributed by atoms with E-state index in [1.807, 2.05) is 0 Å². The Balaban J connectivity index is 0.00000169. The van der Waals surface area contributed by atoms with Crippen molar-refractivity contribution in [1.82, 2.24) is 10.3 Å². The van der Waals surface area contributed by atoms with Gasteiger partial charge in [-0.15, -0.1) is 12.4 Å². The molecule has 0 fully saturated rings. The van der Waals surface area contributed by atoms with Crippen LogP contribution < -0.4 is 5.32 Å². The van der Waals surface area contributed by atoms with Gasteiger partial charge in [-0.3, -0.25) is 0 Å². The van der Waals surface area contributed by atoms with Gasteiger partial charge in [0.25, 0.3) is 0 Å². The first-order valence-electron chi connectivity index (χ1n) is 8.64. The van der Waals surface area contributed by atoms with Gasteiger partial charge >= 0.3 is 0 Å². The van der Waals surface area contributed by atoms with Crippen LogP contribution in [0, 0.1) is 6.92 Å². The molecule has 126 valence electrons. The van der Waals surface area contributed by atoms with Crippen LogP contribution in [0.15, 0.2) is 48.5 Å². The minimum atomic E-state index is 0. The highest BCUT2D eigenvalue weighted by molar-refractivity contribution is 5.86. The van der Waals surface area contributed by atoms with Crippen LogP contribution in [0.5, 0.6) is 0 Å². The number of halogens is 1. The number of aromatic nitrogens is 1. The van der Waals surface area contributed by atoms with Crippen molar-refractivity contribution in [3.8, 4) is 0 Å². The Morgan fingerprint density at radius 2 is 1.92 bits per heavy atom. The van der Waals surface area contributed by atoms with E-state index in [2.05, 4.69) is 72.7 Å². The topological polar surface area (TPSA) is 27.8 Å². The lowest BCUT2D eigenvalue weighted by atomic mass is 9.90. The molecule has 2 nitrogen and oxygen atoms in total. The van der Waals surface area contributed by atoms with Crippen molar-refractivity contribution in [1.29, 1.82) is 0 Å². The third kappa shape index (κ3) is 3.09. The van der Waals surface area contributed by atoms with E-state index in [9.17, 15) is 0 Å². The smallest absolute Gasteiger partial charge is 0.0480 e. The third-order valence-electron chi connectivity index (χ3n) is 5.11. The molecule has 4 rings (SSSR count). The van der Waals surface area contributed by atoms with Gasteiger partial charge in [0.2, 0.25) is 0 Å². The summed E-state index contributed by atoms with van der Waals surface area (Å²) in [4.78, 5) is 3.69. The zero-order chi connectivity index (χ0) is 15.8. The maximum atomic E-state index is 3.84. The zero-order valence-corrected chi connectivity index (χ0v) is 15.1. The van der Waals surface area contributed by atoms with Gasteiger partial charge in [0, 0.05) is 28.7 Å². The van der Waals surface area contributed by atoms with Crippen molar-refractivity contribution in [3.05, 3.63) is 70.9 Å². The monoisotopic (exact) mass is 340 g/mol. The van der Waals surface area contributed by atoms with Crippen molar-refractivity contribution >= 4 is 23.3 Å². The molecule has 0 aliphatic heterocycles. The van der Waals surface area contributed by atoms with Gasteiger partial charge in [0.05, 0.1) is 0 Å². The second kappa shape index (κ2) is 7.00. The zero-order valence-electron chi connectivity index (χ0n) is 14.3. The number of hydrogen-bond acceptors (Lipinski definition) is 1. The molecule has 1 aromatic heterocycles. The lowest BCUT2D eigenvalue weighted by Crippen LogP contribution is -2.27. The molecular weight excluding hydrogens is 316 g/mol. The summed E-state index contributed by atoms with van der Waals surface area (Å²) >= 11 is 0. The van der Waals surface area contributed by atoms with Crippen LogP contribution >= 0.6 is 12.4 Å². The summed E-state index contributed by atoms with van der Waals surface area (Å²) in [5.74, 6) is 0. The Morgan fingerprint density at radius 1 is 1.12 bits per heavy atom. The summed E-state index contributed by atoms with van der Waals surface area (Å²) in [7, 11) is 0. The molecule has 2 aromatic carbocycles. The Labute approximate surface area is 150 Å². The fourth-order valence-electron chi connectivity index (χ4n) is 3.88. The molecule has 1 aliphatic rings. The summed E-state index contributed by atoms with van der Waals surface area (Å²) in [6, 6.07) is 18.2. The normalized spacial score (nSPS) is 18.0. The van der Waals surface area contributed by atoms with E-state index in [0.29, 0.717) is 12.1 Å². The lowest BCUT2D eigenvalue weighted by Gasteiger charge is -2.27. The molecule has 1 heterocycles. The number of aromatic amines is 1. The first-order valence-corrected chi connectivity index (χ1v) is 8.64. The number of fused-ring (bicyclic) bond motifs is 3. The summed E-state index contributed by atoms with van der Waals surface area (Å²) in [5, 5.41) is 5.25. The highest BCUT2D eigenvalue weighted by atomic mass is 35.5. The van der Waals surface area contributed by atoms with Gasteiger partial charge < -0.3 is 10.3 Å². The van der Waals surface area contributed by atoms with Crippen LogP contribution in [-0.4, -0.2) is 4.98 Å². The minimum Gasteiger partial charge on any atom is -0.357 e. The molecular formula is C21H25ClN2. The van der Waals surface area contributed by atoms with Gasteiger partial charge in [-0.25, -0.2) is 0 Å². The van der Waals surface area contributed by atoms with Crippen LogP contribution in [0.2, 0.25) is 0 Å². The Hall–Kier alpha value is -1.77. The number of rotatable bonds is 3. The van der Waals surface area contributed by atoms with Gasteiger partial charge in [-0.05, 0) is 56.4 Å². The number of hydrogen-bond donors (Lipinski definition) is 2. The Bertz CT molecular complexity index is 822. The molecule has 1 aliphatic carbocycles. The highest BCUT2D eigenvalue weighted by Crippen LogP contribution is 2.36. The van der Waals surface area contributed by atoms with E-state index >= 15 is 0 Å². The van der Waals surface area contributed by atoms with E-state index in [-0.39, 0.29) is 12.4 Å². The molecule has 0 bridgehead atoms. The number of H-pyrrole nitrogens is 1. The average Bonchev–Trinajstić information content (AvgIpc) is 2.95. The molecule has 2 N–H and O–H groups in total. The molecule has 0 unspecified atom stereocenters. The van der Waals surface area contributed by atoms with Crippen molar-refractivity contribution in [2.75, 3.05) is 0 Å². The maximum Gasteiger partial charge on any atom is 0.0480 e. The lowest BCUT2D eigenvalue weighted by molar-refractivity contribution is 0.410. The van der Waals surface area contributed by atoms with Gasteiger partial charge in [-0.2, -0.15) is 0 Å². The summed E-state index contributed by atoms with van der Waals surface area (Å²) < 4.78 is 0. The van der Waals surface area contributed by atoms with E-state index in [0.717, 1.165) is 0 Å². The number of nitrogens with one attached hydrogen (secondary N) is 2. The molecule has 0 spiro atoms. The minimum absolute atomic E-state index is 0. The predicted molar refractivity (Wildman–Crippen MR) is 104 cm³/mol. The van der Waals surface area contributed by atoms with E-state index in [1.54, 1.807) is 0 Å². The SMILES string of the molecule is Cc1ccc2[nH]c3c(c2c1)CCC[C@H]3N[C@H](C)c1ccccc1.Cl. The molecule has 0 saturated heterocycles. The first-order chi connectivity index (χ1) is 11.2. The summed E-state index contributed by atoms with van der Waals surface area (Å²) in [6.45, 7) is 4.44. The Morgan fingerprint density at radius 3 is 2.71 bits per heavy atom. The van der Waals surface area contributed by atoms with Crippen LogP contribution in [0.3, 0.4) is 0 Å². The molecule has 0 amide bonds. The summed E-state index contributed by atoms with van der Waals surface area (Å²) in [5.41, 5.74) is 6.90. The number of aryl methyl sites for hydroxylation is 2. The molecule has 0 radical (unpaired) electrons. The summed E-state index contributed by atoms with van der Waals surface area (Å²) in [6.07, 6.45) is 3.65. The predicted octanol–water partition coefficient (Wildman–Crippen LogP) is 5.63. The molecule has 0 saturated carbocycles. The second-order valence-corrected chi connectivity index (χ2v) is 6.81. The van der Waals surface area contributed by atoms with Gasteiger partial charge in [-0.1, -0.05) is 42.0 Å². The van der Waals surface area contributed by atoms with E-state index in [1.165, 1.54) is 52.5 Å². The standard InChI is InChI=1S/C21H24N2.ClH/c1-14-11-12-19-18(13-14)17-9-6-10-20(21(17)23-19)22-15(2)16-7-4-3-5-8-16;/h3-5,7-8,11-13,15,20,22-23H,6,9-10H2,1-2H3;1H/t15-,20-;/m1./s1. The Kier molecular flexibility index (Phi) is 4.98.